The van der Waals surface area contributed by atoms with Gasteiger partial charge in [-0.05, 0) is 57.2 Å². The normalized spacial score (nSPS) is 21.5. The summed E-state index contributed by atoms with van der Waals surface area (Å²) in [5.74, 6) is 0.379. The highest BCUT2D eigenvalue weighted by atomic mass is 16.3. The van der Waals surface area contributed by atoms with E-state index in [2.05, 4.69) is 29.3 Å². The van der Waals surface area contributed by atoms with Gasteiger partial charge >= 0.3 is 0 Å². The average Bonchev–Trinajstić information content (AvgIpc) is 2.89. The lowest BCUT2D eigenvalue weighted by Crippen LogP contribution is -2.41. The van der Waals surface area contributed by atoms with E-state index in [9.17, 15) is 9.90 Å². The third-order valence-corrected chi connectivity index (χ3v) is 4.55. The number of hydrogen-bond acceptors (Lipinski definition) is 3. The summed E-state index contributed by atoms with van der Waals surface area (Å²) in [7, 11) is 0. The smallest absolute Gasteiger partial charge is 0.234 e. The van der Waals surface area contributed by atoms with Crippen LogP contribution in [-0.2, 0) is 11.2 Å². The molecule has 0 spiro atoms. The maximum Gasteiger partial charge on any atom is 0.234 e. The van der Waals surface area contributed by atoms with E-state index < -0.39 is 0 Å². The van der Waals surface area contributed by atoms with E-state index in [1.807, 2.05) is 26.0 Å². The number of amides is 1. The third-order valence-electron chi connectivity index (χ3n) is 4.55. The Morgan fingerprint density at radius 2 is 2.14 bits per heavy atom. The van der Waals surface area contributed by atoms with E-state index in [4.69, 9.17) is 0 Å². The van der Waals surface area contributed by atoms with E-state index in [1.54, 1.807) is 0 Å². The lowest BCUT2D eigenvalue weighted by atomic mass is 10.0. The lowest BCUT2D eigenvalue weighted by Gasteiger charge is -2.19. The van der Waals surface area contributed by atoms with Gasteiger partial charge in [-0.2, -0.15) is 0 Å². The summed E-state index contributed by atoms with van der Waals surface area (Å²) in [5.41, 5.74) is 2.55. The molecule has 0 saturated carbocycles. The van der Waals surface area contributed by atoms with Gasteiger partial charge in [-0.15, -0.1) is 0 Å². The summed E-state index contributed by atoms with van der Waals surface area (Å²) >= 11 is 0. The first-order chi connectivity index (χ1) is 10.5. The van der Waals surface area contributed by atoms with Gasteiger partial charge < -0.3 is 10.4 Å². The maximum atomic E-state index is 12.1. The van der Waals surface area contributed by atoms with Gasteiger partial charge in [0.2, 0.25) is 5.91 Å². The van der Waals surface area contributed by atoms with E-state index >= 15 is 0 Å². The predicted molar refractivity (Wildman–Crippen MR) is 88.7 cm³/mol. The minimum atomic E-state index is -0.284. The van der Waals surface area contributed by atoms with Gasteiger partial charge in [0, 0.05) is 12.6 Å². The fraction of sp³-hybridized carbons (Fsp3) is 0.611. The Bertz CT molecular complexity index is 502. The summed E-state index contributed by atoms with van der Waals surface area (Å²) in [5, 5.41) is 12.7. The van der Waals surface area contributed by atoms with Crippen LogP contribution >= 0.6 is 0 Å². The van der Waals surface area contributed by atoms with Gasteiger partial charge in [-0.3, -0.25) is 9.69 Å². The lowest BCUT2D eigenvalue weighted by molar-refractivity contribution is -0.122. The van der Waals surface area contributed by atoms with Gasteiger partial charge in [0.1, 0.15) is 0 Å². The number of carbonyl (C=O) groups is 1. The van der Waals surface area contributed by atoms with E-state index in [0.29, 0.717) is 12.5 Å². The fourth-order valence-corrected chi connectivity index (χ4v) is 3.14. The summed E-state index contributed by atoms with van der Waals surface area (Å²) in [6, 6.07) is 8.42. The Morgan fingerprint density at radius 3 is 2.77 bits per heavy atom. The number of aliphatic hydroxyl groups excluding tert-OH is 1. The van der Waals surface area contributed by atoms with Crippen LogP contribution in [0.2, 0.25) is 0 Å². The first kappa shape index (κ1) is 17.0. The molecule has 0 aromatic heterocycles. The molecule has 0 aliphatic carbocycles. The van der Waals surface area contributed by atoms with E-state index in [-0.39, 0.29) is 18.1 Å². The van der Waals surface area contributed by atoms with Crippen molar-refractivity contribution in [2.45, 2.75) is 45.8 Å². The van der Waals surface area contributed by atoms with Crippen molar-refractivity contribution < 1.29 is 9.90 Å². The van der Waals surface area contributed by atoms with Gasteiger partial charge in [0.05, 0.1) is 12.6 Å². The number of rotatable bonds is 6. The molecule has 0 bridgehead atoms. The number of carbonyl (C=O) groups excluding carboxylic acids is 1. The fourth-order valence-electron chi connectivity index (χ4n) is 3.14. The summed E-state index contributed by atoms with van der Waals surface area (Å²) in [6.07, 6.45) is 1.55. The minimum Gasteiger partial charge on any atom is -0.393 e. The molecule has 1 aliphatic heterocycles. The van der Waals surface area contributed by atoms with Crippen molar-refractivity contribution in [3.63, 3.8) is 0 Å². The van der Waals surface area contributed by atoms with Crippen molar-refractivity contribution in [2.24, 2.45) is 5.92 Å². The highest BCUT2D eigenvalue weighted by molar-refractivity contribution is 5.78. The monoisotopic (exact) mass is 304 g/mol. The standard InChI is InChI=1S/C18H28N2O2/c1-13-6-4-5-7-16(13)10-14(2)19-18(22)12-20-9-8-17(11-20)15(3)21/h4-7,14-15,17,21H,8-12H2,1-3H3,(H,19,22). The van der Waals surface area contributed by atoms with Crippen LogP contribution in [0.5, 0.6) is 0 Å². The molecule has 4 heteroatoms. The summed E-state index contributed by atoms with van der Waals surface area (Å²) < 4.78 is 0. The molecule has 1 amide bonds. The van der Waals surface area contributed by atoms with Crippen molar-refractivity contribution in [1.29, 1.82) is 0 Å². The van der Waals surface area contributed by atoms with Crippen LogP contribution in [0.4, 0.5) is 0 Å². The van der Waals surface area contributed by atoms with Crippen molar-refractivity contribution in [3.8, 4) is 0 Å². The van der Waals surface area contributed by atoms with E-state index in [0.717, 1.165) is 25.9 Å². The van der Waals surface area contributed by atoms with Crippen LogP contribution in [0.3, 0.4) is 0 Å². The van der Waals surface area contributed by atoms with Gasteiger partial charge in [-0.25, -0.2) is 0 Å². The first-order valence-corrected chi connectivity index (χ1v) is 8.20. The molecule has 1 saturated heterocycles. The SMILES string of the molecule is Cc1ccccc1CC(C)NC(=O)CN1CCC(C(C)O)C1. The van der Waals surface area contributed by atoms with E-state index in [1.165, 1.54) is 11.1 Å². The third kappa shape index (κ3) is 4.82. The zero-order valence-corrected chi connectivity index (χ0v) is 13.9. The zero-order chi connectivity index (χ0) is 16.1. The number of likely N-dealkylation sites (tertiary alicyclic amines) is 1. The molecule has 1 aromatic rings. The second-order valence-electron chi connectivity index (χ2n) is 6.62. The molecule has 2 rings (SSSR count). The van der Waals surface area contributed by atoms with Crippen molar-refractivity contribution >= 4 is 5.91 Å². The van der Waals surface area contributed by atoms with Crippen LogP contribution in [0.1, 0.15) is 31.4 Å². The molecule has 2 N–H and O–H groups in total. The van der Waals surface area contributed by atoms with Crippen LogP contribution < -0.4 is 5.32 Å². The second-order valence-corrected chi connectivity index (χ2v) is 6.62. The number of aryl methyl sites for hydroxylation is 1. The van der Waals surface area contributed by atoms with Crippen LogP contribution in [0, 0.1) is 12.8 Å². The highest BCUT2D eigenvalue weighted by Crippen LogP contribution is 2.19. The van der Waals surface area contributed by atoms with Gasteiger partial charge in [0.15, 0.2) is 0 Å². The highest BCUT2D eigenvalue weighted by Gasteiger charge is 2.27. The van der Waals surface area contributed by atoms with Crippen molar-refractivity contribution in [3.05, 3.63) is 35.4 Å². The van der Waals surface area contributed by atoms with Crippen LogP contribution in [0.25, 0.3) is 0 Å². The Kier molecular flexibility index (Phi) is 5.98. The molecule has 22 heavy (non-hydrogen) atoms. The Morgan fingerprint density at radius 1 is 1.41 bits per heavy atom. The Balaban J connectivity index is 1.76. The van der Waals surface area contributed by atoms with Gasteiger partial charge in [-0.1, -0.05) is 24.3 Å². The molecule has 1 heterocycles. The maximum absolute atomic E-state index is 12.1. The summed E-state index contributed by atoms with van der Waals surface area (Å²) in [4.78, 5) is 14.3. The first-order valence-electron chi connectivity index (χ1n) is 8.20. The molecule has 1 aromatic carbocycles. The molecule has 3 atom stereocenters. The van der Waals surface area contributed by atoms with Crippen LogP contribution in [-0.4, -0.2) is 47.7 Å². The predicted octanol–water partition coefficient (Wildman–Crippen LogP) is 1.74. The quantitative estimate of drug-likeness (QED) is 0.842. The molecule has 122 valence electrons. The number of hydrogen-bond donors (Lipinski definition) is 2. The number of benzene rings is 1. The van der Waals surface area contributed by atoms with Gasteiger partial charge in [0.25, 0.3) is 0 Å². The molecule has 1 aliphatic rings. The van der Waals surface area contributed by atoms with Crippen molar-refractivity contribution in [2.75, 3.05) is 19.6 Å². The number of aliphatic hydroxyl groups is 1. The molecule has 3 unspecified atom stereocenters. The summed E-state index contributed by atoms with van der Waals surface area (Å²) in [6.45, 7) is 8.13. The molecular formula is C18H28N2O2. The topological polar surface area (TPSA) is 52.6 Å². The number of nitrogens with zero attached hydrogens (tertiary/aromatic N) is 1. The largest absolute Gasteiger partial charge is 0.393 e. The Labute approximate surface area is 133 Å². The minimum absolute atomic E-state index is 0.0762. The molecule has 0 radical (unpaired) electrons. The van der Waals surface area contributed by atoms with Crippen molar-refractivity contribution in [1.82, 2.24) is 10.2 Å². The second kappa shape index (κ2) is 7.75. The van der Waals surface area contributed by atoms with Crippen LogP contribution in [0.15, 0.2) is 24.3 Å². The number of nitrogens with one attached hydrogen (secondary N) is 1. The molecular weight excluding hydrogens is 276 g/mol. The molecule has 1 fully saturated rings. The molecule has 4 nitrogen and oxygen atoms in total. The average molecular weight is 304 g/mol. The zero-order valence-electron chi connectivity index (χ0n) is 13.9. The Hall–Kier alpha value is -1.39.